The highest BCUT2D eigenvalue weighted by Gasteiger charge is 2.04. The van der Waals surface area contributed by atoms with Gasteiger partial charge in [-0.3, -0.25) is 0 Å². The Bertz CT molecular complexity index is 554. The van der Waals surface area contributed by atoms with E-state index >= 15 is 0 Å². The molecule has 0 amide bonds. The Morgan fingerprint density at radius 2 is 1.70 bits per heavy atom. The maximum Gasteiger partial charge on any atom is 0.228 e. The molecule has 2 heterocycles. The quantitative estimate of drug-likeness (QED) is 0.799. The zero-order valence-corrected chi connectivity index (χ0v) is 12.1. The predicted molar refractivity (Wildman–Crippen MR) is 76.8 cm³/mol. The van der Waals surface area contributed by atoms with E-state index in [1.54, 1.807) is 6.92 Å². The Balaban J connectivity index is 1.89. The van der Waals surface area contributed by atoms with E-state index < -0.39 is 0 Å². The number of nitrogens with one attached hydrogen (secondary N) is 2. The first kappa shape index (κ1) is 14.2. The molecule has 0 unspecified atom stereocenters. The molecular formula is C13H20N6O. The van der Waals surface area contributed by atoms with Crippen LogP contribution in [0.2, 0.25) is 0 Å². The third kappa shape index (κ3) is 4.18. The van der Waals surface area contributed by atoms with Crippen LogP contribution < -0.4 is 10.6 Å². The average Bonchev–Trinajstić information content (AvgIpc) is 2.81. The molecule has 2 rings (SSSR count). The molecule has 2 N–H and O–H groups in total. The van der Waals surface area contributed by atoms with Gasteiger partial charge >= 0.3 is 0 Å². The average molecular weight is 276 g/mol. The largest absolute Gasteiger partial charge is 0.370 e. The first-order chi connectivity index (χ1) is 9.67. The molecule has 2 aromatic rings. The number of aromatic nitrogens is 4. The molecule has 7 nitrogen and oxygen atoms in total. The maximum absolute atomic E-state index is 5.06. The van der Waals surface area contributed by atoms with E-state index in [4.69, 9.17) is 4.52 Å². The van der Waals surface area contributed by atoms with E-state index in [0.717, 1.165) is 30.4 Å². The number of hydrogen-bond acceptors (Lipinski definition) is 7. The summed E-state index contributed by atoms with van der Waals surface area (Å²) in [4.78, 5) is 12.8. The molecule has 2 aromatic heterocycles. The summed E-state index contributed by atoms with van der Waals surface area (Å²) in [6.07, 6.45) is 1.73. The van der Waals surface area contributed by atoms with Crippen LogP contribution in [-0.4, -0.2) is 33.2 Å². The number of nitrogens with zero attached hydrogens (tertiary/aromatic N) is 4. The minimum atomic E-state index is 0.630. The van der Waals surface area contributed by atoms with E-state index in [1.165, 1.54) is 0 Å². The SMILES string of the molecule is CCCNc1cc(NCCc2nc(C)no2)nc(C)n1. The third-order valence-electron chi connectivity index (χ3n) is 2.61. The first-order valence-electron chi connectivity index (χ1n) is 6.80. The molecular weight excluding hydrogens is 256 g/mol. The highest BCUT2D eigenvalue weighted by Crippen LogP contribution is 2.11. The molecule has 0 atom stereocenters. The summed E-state index contributed by atoms with van der Waals surface area (Å²) < 4.78 is 5.06. The lowest BCUT2D eigenvalue weighted by molar-refractivity contribution is 0.377. The Hall–Kier alpha value is -2.18. The van der Waals surface area contributed by atoms with Gasteiger partial charge in [-0.2, -0.15) is 4.98 Å². The lowest BCUT2D eigenvalue weighted by atomic mass is 10.4. The monoisotopic (exact) mass is 276 g/mol. The summed E-state index contributed by atoms with van der Waals surface area (Å²) in [5, 5.41) is 10.3. The standard InChI is InChI=1S/C13H20N6O/c1-4-6-14-11-8-12(17-9(2)16-11)15-7-5-13-18-10(3)19-20-13/h8H,4-7H2,1-3H3,(H2,14,15,16,17). The van der Waals surface area contributed by atoms with Crippen LogP contribution in [-0.2, 0) is 6.42 Å². The van der Waals surface area contributed by atoms with Crippen molar-refractivity contribution >= 4 is 11.6 Å². The lowest BCUT2D eigenvalue weighted by Crippen LogP contribution is -2.10. The molecule has 0 bridgehead atoms. The van der Waals surface area contributed by atoms with E-state index in [2.05, 4.69) is 37.7 Å². The maximum atomic E-state index is 5.06. The second-order valence-corrected chi connectivity index (χ2v) is 4.52. The van der Waals surface area contributed by atoms with Crippen molar-refractivity contribution in [3.8, 4) is 0 Å². The molecule has 0 saturated carbocycles. The van der Waals surface area contributed by atoms with Crippen molar-refractivity contribution in [3.63, 3.8) is 0 Å². The summed E-state index contributed by atoms with van der Waals surface area (Å²) >= 11 is 0. The van der Waals surface area contributed by atoms with Gasteiger partial charge in [-0.25, -0.2) is 9.97 Å². The molecule has 0 aliphatic heterocycles. The van der Waals surface area contributed by atoms with Crippen LogP contribution in [0.25, 0.3) is 0 Å². The molecule has 7 heteroatoms. The van der Waals surface area contributed by atoms with Crippen molar-refractivity contribution in [2.45, 2.75) is 33.6 Å². The molecule has 20 heavy (non-hydrogen) atoms. The van der Waals surface area contributed by atoms with Crippen LogP contribution in [0.1, 0.15) is 30.9 Å². The molecule has 0 radical (unpaired) electrons. The lowest BCUT2D eigenvalue weighted by Gasteiger charge is -2.08. The fraction of sp³-hybridized carbons (Fsp3) is 0.538. The summed E-state index contributed by atoms with van der Waals surface area (Å²) in [6, 6.07) is 1.90. The van der Waals surface area contributed by atoms with E-state index in [-0.39, 0.29) is 0 Å². The third-order valence-corrected chi connectivity index (χ3v) is 2.61. The van der Waals surface area contributed by atoms with Crippen LogP contribution in [0.4, 0.5) is 11.6 Å². The topological polar surface area (TPSA) is 88.8 Å². The van der Waals surface area contributed by atoms with Gasteiger partial charge in [0.25, 0.3) is 0 Å². The minimum absolute atomic E-state index is 0.630. The number of hydrogen-bond donors (Lipinski definition) is 2. The van der Waals surface area contributed by atoms with Crippen molar-refractivity contribution in [3.05, 3.63) is 23.6 Å². The van der Waals surface area contributed by atoms with E-state index in [9.17, 15) is 0 Å². The number of anilines is 2. The van der Waals surface area contributed by atoms with Crippen molar-refractivity contribution in [1.29, 1.82) is 0 Å². The normalized spacial score (nSPS) is 10.6. The molecule has 0 aliphatic rings. The zero-order valence-electron chi connectivity index (χ0n) is 12.1. The van der Waals surface area contributed by atoms with Crippen LogP contribution >= 0.6 is 0 Å². The molecule has 0 aromatic carbocycles. The fourth-order valence-corrected chi connectivity index (χ4v) is 1.74. The van der Waals surface area contributed by atoms with Gasteiger partial charge in [-0.15, -0.1) is 0 Å². The Morgan fingerprint density at radius 3 is 2.30 bits per heavy atom. The van der Waals surface area contributed by atoms with Crippen LogP contribution in [0.15, 0.2) is 10.6 Å². The summed E-state index contributed by atoms with van der Waals surface area (Å²) in [7, 11) is 0. The van der Waals surface area contributed by atoms with Gasteiger partial charge in [0.2, 0.25) is 5.89 Å². The second-order valence-electron chi connectivity index (χ2n) is 4.52. The zero-order chi connectivity index (χ0) is 14.4. The van der Waals surface area contributed by atoms with Crippen molar-refractivity contribution in [2.24, 2.45) is 0 Å². The molecule has 0 aliphatic carbocycles. The van der Waals surface area contributed by atoms with Crippen molar-refractivity contribution < 1.29 is 4.52 Å². The molecule has 108 valence electrons. The van der Waals surface area contributed by atoms with Crippen LogP contribution in [0.3, 0.4) is 0 Å². The van der Waals surface area contributed by atoms with Gasteiger partial charge in [0, 0.05) is 25.6 Å². The van der Waals surface area contributed by atoms with Gasteiger partial charge < -0.3 is 15.2 Å². The molecule has 0 spiro atoms. The molecule has 0 saturated heterocycles. The van der Waals surface area contributed by atoms with Crippen LogP contribution in [0, 0.1) is 13.8 Å². The van der Waals surface area contributed by atoms with Crippen molar-refractivity contribution in [1.82, 2.24) is 20.1 Å². The van der Waals surface area contributed by atoms with E-state index in [1.807, 2.05) is 13.0 Å². The number of aryl methyl sites for hydroxylation is 2. The first-order valence-corrected chi connectivity index (χ1v) is 6.80. The highest BCUT2D eigenvalue weighted by molar-refractivity contribution is 5.47. The van der Waals surface area contributed by atoms with E-state index in [0.29, 0.717) is 24.7 Å². The van der Waals surface area contributed by atoms with Gasteiger partial charge in [0.1, 0.15) is 17.5 Å². The Labute approximate surface area is 118 Å². The van der Waals surface area contributed by atoms with Gasteiger partial charge in [-0.1, -0.05) is 12.1 Å². The Kier molecular flexibility index (Phi) is 4.86. The second kappa shape index (κ2) is 6.83. The minimum Gasteiger partial charge on any atom is -0.370 e. The smallest absolute Gasteiger partial charge is 0.228 e. The summed E-state index contributed by atoms with van der Waals surface area (Å²) in [6.45, 7) is 7.39. The van der Waals surface area contributed by atoms with Crippen molar-refractivity contribution in [2.75, 3.05) is 23.7 Å². The van der Waals surface area contributed by atoms with Crippen LogP contribution in [0.5, 0.6) is 0 Å². The Morgan fingerprint density at radius 1 is 1.00 bits per heavy atom. The van der Waals surface area contributed by atoms with Gasteiger partial charge in [0.05, 0.1) is 0 Å². The van der Waals surface area contributed by atoms with Gasteiger partial charge in [0.15, 0.2) is 5.82 Å². The van der Waals surface area contributed by atoms with Gasteiger partial charge in [-0.05, 0) is 20.3 Å². The number of rotatable bonds is 7. The summed E-state index contributed by atoms with van der Waals surface area (Å²) in [5.41, 5.74) is 0. The highest BCUT2D eigenvalue weighted by atomic mass is 16.5. The predicted octanol–water partition coefficient (Wildman–Crippen LogP) is 1.95. The fourth-order valence-electron chi connectivity index (χ4n) is 1.74. The molecule has 0 fully saturated rings. The summed E-state index contributed by atoms with van der Waals surface area (Å²) in [5.74, 6) is 3.67.